The second kappa shape index (κ2) is 5.09. The van der Waals surface area contributed by atoms with Gasteiger partial charge in [-0.05, 0) is 19.3 Å². The predicted octanol–water partition coefficient (Wildman–Crippen LogP) is 0.689. The Balaban J connectivity index is 4.49. The highest BCUT2D eigenvalue weighted by atomic mass is 32.2. The lowest BCUT2D eigenvalue weighted by Gasteiger charge is -2.27. The Kier molecular flexibility index (Phi) is 5.05. The first-order valence-corrected chi connectivity index (χ1v) is 6.61. The van der Waals surface area contributed by atoms with Crippen LogP contribution in [-0.2, 0) is 10.0 Å². The lowest BCUT2D eigenvalue weighted by molar-refractivity contribution is 0.409. The SMILES string of the molecule is CCC(C)(CN)NS(=O)(=O)CC(C)C. The molecule has 0 aliphatic heterocycles. The minimum atomic E-state index is -3.19. The molecule has 4 nitrogen and oxygen atoms in total. The summed E-state index contributed by atoms with van der Waals surface area (Å²) in [5, 5.41) is 0. The lowest BCUT2D eigenvalue weighted by atomic mass is 10.0. The minimum absolute atomic E-state index is 0.131. The van der Waals surface area contributed by atoms with Crippen molar-refractivity contribution in [1.82, 2.24) is 4.72 Å². The summed E-state index contributed by atoms with van der Waals surface area (Å²) in [6.07, 6.45) is 0.695. The van der Waals surface area contributed by atoms with Crippen molar-refractivity contribution >= 4 is 10.0 Å². The van der Waals surface area contributed by atoms with Crippen LogP contribution in [0.3, 0.4) is 0 Å². The van der Waals surface area contributed by atoms with Crippen LogP contribution >= 0.6 is 0 Å². The third-order valence-electron chi connectivity index (χ3n) is 2.19. The van der Waals surface area contributed by atoms with E-state index in [0.717, 1.165) is 0 Å². The van der Waals surface area contributed by atoms with E-state index in [4.69, 9.17) is 5.73 Å². The monoisotopic (exact) mass is 222 g/mol. The molecule has 3 N–H and O–H groups in total. The largest absolute Gasteiger partial charge is 0.329 e. The third-order valence-corrected chi connectivity index (χ3v) is 4.09. The standard InChI is InChI=1S/C9H22N2O2S/c1-5-9(4,7-10)11-14(12,13)6-8(2)3/h8,11H,5-7,10H2,1-4H3. The number of hydrogen-bond acceptors (Lipinski definition) is 3. The first-order chi connectivity index (χ1) is 6.24. The van der Waals surface area contributed by atoms with Gasteiger partial charge in [0.05, 0.1) is 5.75 Å². The molecule has 0 aromatic rings. The summed E-state index contributed by atoms with van der Waals surface area (Å²) >= 11 is 0. The molecule has 0 radical (unpaired) electrons. The molecule has 0 heterocycles. The van der Waals surface area contributed by atoms with Gasteiger partial charge in [-0.25, -0.2) is 13.1 Å². The second-order valence-corrected chi connectivity index (χ2v) is 6.16. The number of rotatable bonds is 6. The maximum Gasteiger partial charge on any atom is 0.212 e. The van der Waals surface area contributed by atoms with Gasteiger partial charge in [-0.2, -0.15) is 0 Å². The highest BCUT2D eigenvalue weighted by Crippen LogP contribution is 2.10. The van der Waals surface area contributed by atoms with E-state index in [-0.39, 0.29) is 11.7 Å². The highest BCUT2D eigenvalue weighted by molar-refractivity contribution is 7.89. The molecule has 0 saturated carbocycles. The second-order valence-electron chi connectivity index (χ2n) is 4.40. The maximum absolute atomic E-state index is 11.6. The molecule has 86 valence electrons. The summed E-state index contributed by atoms with van der Waals surface area (Å²) in [6.45, 7) is 7.83. The molecule has 0 rings (SSSR count). The van der Waals surface area contributed by atoms with E-state index in [9.17, 15) is 8.42 Å². The van der Waals surface area contributed by atoms with E-state index in [1.807, 2.05) is 27.7 Å². The zero-order valence-electron chi connectivity index (χ0n) is 9.50. The first kappa shape index (κ1) is 13.9. The van der Waals surface area contributed by atoms with E-state index in [0.29, 0.717) is 13.0 Å². The Morgan fingerprint density at radius 2 is 1.93 bits per heavy atom. The summed E-state index contributed by atoms with van der Waals surface area (Å²) in [4.78, 5) is 0. The van der Waals surface area contributed by atoms with Gasteiger partial charge < -0.3 is 5.73 Å². The smallest absolute Gasteiger partial charge is 0.212 e. The van der Waals surface area contributed by atoms with Crippen molar-refractivity contribution in [3.63, 3.8) is 0 Å². The van der Waals surface area contributed by atoms with Crippen LogP contribution in [0.5, 0.6) is 0 Å². The molecule has 1 atom stereocenters. The molecule has 0 aliphatic rings. The zero-order valence-corrected chi connectivity index (χ0v) is 10.3. The van der Waals surface area contributed by atoms with Gasteiger partial charge in [0.1, 0.15) is 0 Å². The van der Waals surface area contributed by atoms with Gasteiger partial charge >= 0.3 is 0 Å². The van der Waals surface area contributed by atoms with Crippen LogP contribution < -0.4 is 10.5 Å². The molecule has 1 unspecified atom stereocenters. The van der Waals surface area contributed by atoms with Gasteiger partial charge in [-0.15, -0.1) is 0 Å². The number of hydrogen-bond donors (Lipinski definition) is 2. The molecule has 0 aromatic carbocycles. The zero-order chi connectivity index (χ0) is 11.4. The number of sulfonamides is 1. The summed E-state index contributed by atoms with van der Waals surface area (Å²) in [7, 11) is -3.19. The first-order valence-electron chi connectivity index (χ1n) is 4.96. The Labute approximate surface area is 87.3 Å². The molecular weight excluding hydrogens is 200 g/mol. The molecule has 0 spiro atoms. The molecule has 0 aromatic heterocycles. The fraction of sp³-hybridized carbons (Fsp3) is 1.00. The Hall–Kier alpha value is -0.130. The van der Waals surface area contributed by atoms with Crippen LogP contribution in [0.1, 0.15) is 34.1 Å². The van der Waals surface area contributed by atoms with Gasteiger partial charge in [-0.3, -0.25) is 0 Å². The fourth-order valence-electron chi connectivity index (χ4n) is 1.11. The minimum Gasteiger partial charge on any atom is -0.329 e. The van der Waals surface area contributed by atoms with Crippen molar-refractivity contribution in [2.75, 3.05) is 12.3 Å². The molecule has 0 bridgehead atoms. The van der Waals surface area contributed by atoms with Crippen LogP contribution in [0.15, 0.2) is 0 Å². The number of nitrogens with one attached hydrogen (secondary N) is 1. The summed E-state index contributed by atoms with van der Waals surface area (Å²) in [6, 6.07) is 0. The Morgan fingerprint density at radius 3 is 2.21 bits per heavy atom. The Bertz CT molecular complexity index is 256. The van der Waals surface area contributed by atoms with Crippen LogP contribution in [0.25, 0.3) is 0 Å². The van der Waals surface area contributed by atoms with E-state index in [1.165, 1.54) is 0 Å². The van der Waals surface area contributed by atoms with Gasteiger partial charge in [0, 0.05) is 12.1 Å². The molecule has 0 amide bonds. The van der Waals surface area contributed by atoms with Gasteiger partial charge in [-0.1, -0.05) is 20.8 Å². The maximum atomic E-state index is 11.6. The van der Waals surface area contributed by atoms with Crippen LogP contribution in [0.2, 0.25) is 0 Å². The molecule has 0 aliphatic carbocycles. The van der Waals surface area contributed by atoms with Crippen molar-refractivity contribution in [1.29, 1.82) is 0 Å². The number of nitrogens with two attached hydrogens (primary N) is 1. The average Bonchev–Trinajstić information content (AvgIpc) is 2.01. The fourth-order valence-corrected chi connectivity index (χ4v) is 3.05. The van der Waals surface area contributed by atoms with Gasteiger partial charge in [0.2, 0.25) is 10.0 Å². The van der Waals surface area contributed by atoms with E-state index in [1.54, 1.807) is 0 Å². The summed E-state index contributed by atoms with van der Waals surface area (Å²) in [5.41, 5.74) is 5.02. The van der Waals surface area contributed by atoms with Gasteiger partial charge in [0.15, 0.2) is 0 Å². The quantitative estimate of drug-likeness (QED) is 0.694. The normalized spacial score (nSPS) is 17.0. The van der Waals surface area contributed by atoms with E-state index >= 15 is 0 Å². The lowest BCUT2D eigenvalue weighted by Crippen LogP contribution is -2.51. The van der Waals surface area contributed by atoms with Crippen LogP contribution in [0, 0.1) is 5.92 Å². The molecular formula is C9H22N2O2S. The average molecular weight is 222 g/mol. The molecule has 0 fully saturated rings. The highest BCUT2D eigenvalue weighted by Gasteiger charge is 2.26. The van der Waals surface area contributed by atoms with Crippen LogP contribution in [-0.4, -0.2) is 26.3 Å². The molecule has 14 heavy (non-hydrogen) atoms. The van der Waals surface area contributed by atoms with E-state index in [2.05, 4.69) is 4.72 Å². The van der Waals surface area contributed by atoms with Crippen molar-refractivity contribution in [3.8, 4) is 0 Å². The van der Waals surface area contributed by atoms with Crippen molar-refractivity contribution in [3.05, 3.63) is 0 Å². The topological polar surface area (TPSA) is 72.2 Å². The van der Waals surface area contributed by atoms with Crippen LogP contribution in [0.4, 0.5) is 0 Å². The molecule has 0 saturated heterocycles. The summed E-state index contributed by atoms with van der Waals surface area (Å²) in [5.74, 6) is 0.286. The molecule has 5 heteroatoms. The van der Waals surface area contributed by atoms with Crippen molar-refractivity contribution in [2.24, 2.45) is 11.7 Å². The summed E-state index contributed by atoms with van der Waals surface area (Å²) < 4.78 is 25.9. The van der Waals surface area contributed by atoms with Crippen molar-refractivity contribution < 1.29 is 8.42 Å². The van der Waals surface area contributed by atoms with E-state index < -0.39 is 15.6 Å². The third kappa shape index (κ3) is 4.93. The Morgan fingerprint density at radius 1 is 1.43 bits per heavy atom. The predicted molar refractivity (Wildman–Crippen MR) is 59.5 cm³/mol. The van der Waals surface area contributed by atoms with Gasteiger partial charge in [0.25, 0.3) is 0 Å². The van der Waals surface area contributed by atoms with Crippen molar-refractivity contribution in [2.45, 2.75) is 39.7 Å².